The molecular weight excluding hydrogens is 1960 g/mol. The van der Waals surface area contributed by atoms with Gasteiger partial charge in [0.25, 0.3) is 0 Å². The average Bonchev–Trinajstić information content (AvgIpc) is 1.64. The second-order valence-electron chi connectivity index (χ2n) is 26.6. The van der Waals surface area contributed by atoms with Crippen molar-refractivity contribution in [1.29, 1.82) is 0 Å². The van der Waals surface area contributed by atoms with Gasteiger partial charge in [-0.1, -0.05) is 132 Å². The van der Waals surface area contributed by atoms with Crippen LogP contribution in [0.15, 0.2) is 312 Å². The summed E-state index contributed by atoms with van der Waals surface area (Å²) >= 11 is 0. The Morgan fingerprint density at radius 1 is 0.270 bits per heavy atom. The van der Waals surface area contributed by atoms with E-state index in [1.807, 2.05) is 270 Å². The molecule has 0 aliphatic heterocycles. The Kier molecular flexibility index (Phi) is 26.0. The number of aromatic nitrogens is 12. The van der Waals surface area contributed by atoms with Crippen LogP contribution in [0.3, 0.4) is 0 Å². The summed E-state index contributed by atoms with van der Waals surface area (Å²) in [5.41, 5.74) is 23.1. The van der Waals surface area contributed by atoms with Crippen LogP contribution in [0.2, 0.25) is 0 Å². The third kappa shape index (κ3) is 18.0. The molecule has 115 heavy (non-hydrogen) atoms. The maximum Gasteiger partial charge on any atom is 0.216 e. The van der Waals surface area contributed by atoms with Gasteiger partial charge < -0.3 is 28.2 Å². The molecule has 0 aliphatic carbocycles. The molecule has 9 aromatic carbocycles. The van der Waals surface area contributed by atoms with Crippen LogP contribution in [-0.4, -0.2) is 59.8 Å². The molecule has 3 radical (unpaired) electrons. The summed E-state index contributed by atoms with van der Waals surface area (Å²) in [6.45, 7) is 12.2. The zero-order valence-corrected chi connectivity index (χ0v) is 70.1. The average molecular weight is 2030 g/mol. The topological polar surface area (TPSA) is 194 Å². The molecule has 0 saturated heterocycles. The number of hydrogen-bond acceptors (Lipinski definition) is 15. The molecule has 0 spiro atoms. The third-order valence-corrected chi connectivity index (χ3v) is 18.6. The van der Waals surface area contributed by atoms with Gasteiger partial charge in [0.2, 0.25) is 17.1 Å². The molecule has 12 aromatic heterocycles. The Labute approximate surface area is 704 Å². The first-order chi connectivity index (χ1) is 55.0. The molecular formula is C97H68Ir3N12O3-6. The van der Waals surface area contributed by atoms with E-state index >= 15 is 0 Å². The SMILES string of the molecule is Cc1ccc2c(n1)oc1c(-c3ncnc4cc(C(C)C)ccc34)[c-]ccc12.Cc1ccc2c(n1)oc1c(-c3ncnc4ccccc34)[c-]ccc12.Cc1ccc2c(n1)oc1c(-c3ncnc4ccccc34)[c-]ccc12.Cc1cccc(-c2[c-]cccc2)n1.[Ir].[Ir].[Ir].[c-]1ccccc1-c1ccccn1.[c-]1ccccc1-c1ccccn1. The van der Waals surface area contributed by atoms with E-state index in [4.69, 9.17) is 13.3 Å². The number of furan rings is 3. The first kappa shape index (κ1) is 80.3. The van der Waals surface area contributed by atoms with E-state index in [0.717, 1.165) is 172 Å². The number of hydrogen-bond donors (Lipinski definition) is 0. The summed E-state index contributed by atoms with van der Waals surface area (Å²) in [6.07, 6.45) is 8.34. The number of benzene rings is 9. The minimum absolute atomic E-state index is 0. The van der Waals surface area contributed by atoms with Crippen molar-refractivity contribution in [3.8, 4) is 67.5 Å². The van der Waals surface area contributed by atoms with Crippen LogP contribution < -0.4 is 0 Å². The monoisotopic (exact) mass is 2030 g/mol. The Balaban J connectivity index is 0.000000123. The van der Waals surface area contributed by atoms with Gasteiger partial charge >= 0.3 is 0 Å². The molecule has 0 aliphatic rings. The summed E-state index contributed by atoms with van der Waals surface area (Å²) in [7, 11) is 0. The van der Waals surface area contributed by atoms with E-state index in [9.17, 15) is 0 Å². The van der Waals surface area contributed by atoms with Crippen molar-refractivity contribution in [1.82, 2.24) is 59.8 Å². The molecule has 0 unspecified atom stereocenters. The van der Waals surface area contributed by atoms with Gasteiger partial charge in [-0.25, -0.2) is 29.9 Å². The molecule has 0 saturated carbocycles. The summed E-state index contributed by atoms with van der Waals surface area (Å²) < 4.78 is 18.3. The molecule has 0 fully saturated rings. The summed E-state index contributed by atoms with van der Waals surface area (Å²) in [5.74, 6) is 0.451. The Hall–Kier alpha value is -12.8. The number of nitrogens with zero attached hydrogens (tertiary/aromatic N) is 12. The van der Waals surface area contributed by atoms with Crippen molar-refractivity contribution in [2.75, 3.05) is 0 Å². The van der Waals surface area contributed by atoms with Gasteiger partial charge in [0, 0.05) is 129 Å². The van der Waals surface area contributed by atoms with E-state index in [0.29, 0.717) is 23.1 Å². The van der Waals surface area contributed by atoms with E-state index < -0.39 is 0 Å². The molecule has 0 bridgehead atoms. The fourth-order valence-electron chi connectivity index (χ4n) is 13.1. The van der Waals surface area contributed by atoms with E-state index in [1.165, 1.54) is 5.56 Å². The molecule has 18 heteroatoms. The third-order valence-electron chi connectivity index (χ3n) is 18.6. The maximum absolute atomic E-state index is 6.13. The molecule has 0 atom stereocenters. The fourth-order valence-corrected chi connectivity index (χ4v) is 13.1. The summed E-state index contributed by atoms with van der Waals surface area (Å²) in [4.78, 5) is 53.1. The summed E-state index contributed by atoms with van der Waals surface area (Å²) in [5, 5.41) is 9.04. The van der Waals surface area contributed by atoms with Gasteiger partial charge in [-0.05, 0) is 145 Å². The van der Waals surface area contributed by atoms with Crippen molar-refractivity contribution in [2.24, 2.45) is 0 Å². The van der Waals surface area contributed by atoms with Gasteiger partial charge in [0.05, 0.1) is 33.3 Å². The molecule has 0 amide bonds. The van der Waals surface area contributed by atoms with E-state index in [2.05, 4.69) is 134 Å². The van der Waals surface area contributed by atoms with Gasteiger partial charge in [-0.2, -0.15) is 0 Å². The predicted octanol–water partition coefficient (Wildman–Crippen LogP) is 23.2. The second-order valence-corrected chi connectivity index (χ2v) is 26.6. The largest absolute Gasteiger partial charge is 0.486 e. The first-order valence-corrected chi connectivity index (χ1v) is 36.5. The van der Waals surface area contributed by atoms with Crippen LogP contribution in [0, 0.1) is 64.1 Å². The van der Waals surface area contributed by atoms with Crippen molar-refractivity contribution in [3.05, 3.63) is 363 Å². The minimum Gasteiger partial charge on any atom is -0.486 e. The number of aryl methyl sites for hydroxylation is 4. The predicted molar refractivity (Wildman–Crippen MR) is 445 cm³/mol. The fraction of sp³-hybridized carbons (Fsp3) is 0.0722. The molecule has 21 rings (SSSR count). The maximum atomic E-state index is 6.13. The van der Waals surface area contributed by atoms with Crippen LogP contribution >= 0.6 is 0 Å². The van der Waals surface area contributed by atoms with E-state index in [1.54, 1.807) is 31.4 Å². The van der Waals surface area contributed by atoms with Crippen LogP contribution in [-0.2, 0) is 60.3 Å². The molecule has 21 aromatic rings. The van der Waals surface area contributed by atoms with E-state index in [-0.39, 0.29) is 60.3 Å². The van der Waals surface area contributed by atoms with Crippen molar-refractivity contribution < 1.29 is 73.6 Å². The first-order valence-electron chi connectivity index (χ1n) is 36.5. The van der Waals surface area contributed by atoms with Crippen LogP contribution in [0.1, 0.15) is 48.1 Å². The Morgan fingerprint density at radius 3 is 1.01 bits per heavy atom. The number of fused-ring (bicyclic) bond motifs is 12. The second kappa shape index (κ2) is 37.3. The minimum atomic E-state index is 0. The zero-order chi connectivity index (χ0) is 76.3. The Bertz CT molecular complexity index is 6520. The quantitative estimate of drug-likeness (QED) is 0.137. The molecule has 0 N–H and O–H groups in total. The number of pyridine rings is 6. The smallest absolute Gasteiger partial charge is 0.216 e. The number of para-hydroxylation sites is 2. The van der Waals surface area contributed by atoms with Crippen molar-refractivity contribution in [3.63, 3.8) is 0 Å². The number of rotatable bonds is 7. The van der Waals surface area contributed by atoms with Crippen LogP contribution in [0.5, 0.6) is 0 Å². The van der Waals surface area contributed by atoms with Gasteiger partial charge in [-0.15, -0.1) is 162 Å². The van der Waals surface area contributed by atoms with Crippen molar-refractivity contribution in [2.45, 2.75) is 47.5 Å². The zero-order valence-electron chi connectivity index (χ0n) is 63.0. The van der Waals surface area contributed by atoms with Gasteiger partial charge in [0.1, 0.15) is 19.0 Å². The van der Waals surface area contributed by atoms with Crippen molar-refractivity contribution >= 4 is 98.9 Å². The molecule has 12 heterocycles. The normalized spacial score (nSPS) is 10.7. The van der Waals surface area contributed by atoms with Gasteiger partial charge in [-0.3, -0.25) is 15.0 Å². The van der Waals surface area contributed by atoms with Gasteiger partial charge in [0.15, 0.2) is 0 Å². The summed E-state index contributed by atoms with van der Waals surface area (Å²) in [6, 6.07) is 107. The Morgan fingerprint density at radius 2 is 0.626 bits per heavy atom. The standard InChI is InChI=1S/C23H18N3O.2C20H12N3O.C12H10N.2C11H8N.3Ir/c1-13(2)15-8-10-18-20(11-15)24-12-25-21(18)19-6-4-5-16-17-9-7-14(3)26-23(17)27-22(16)19;2*1-12-9-10-14-13-6-4-7-16(19(13)24-20(14)23-12)18-15-5-2-3-8-17(15)21-11-22-18;1-10-6-5-9-12(13-10)11-7-3-2-4-8-11;2*1-2-6-10(7-3-1)11-8-4-5-9-12-11;;;/h4-5,7-13H,1-3H3;2*2-6,8-11H,1H3;2-7,9H,1H3;2*1-6,8-9H;;;/q6*-1;;;. The molecule has 15 nitrogen and oxygen atoms in total. The van der Waals surface area contributed by atoms with Crippen LogP contribution in [0.4, 0.5) is 0 Å². The van der Waals surface area contributed by atoms with Crippen LogP contribution in [0.25, 0.3) is 166 Å². The molecule has 567 valence electrons.